The van der Waals surface area contributed by atoms with Crippen molar-refractivity contribution in [2.45, 2.75) is 6.42 Å². The van der Waals surface area contributed by atoms with Crippen molar-refractivity contribution in [1.29, 1.82) is 0 Å². The highest BCUT2D eigenvalue weighted by Gasteiger charge is 2.14. The number of anilines is 1. The van der Waals surface area contributed by atoms with Crippen LogP contribution in [0.4, 0.5) is 5.69 Å². The number of carbonyl (C=O) groups is 2. The molecule has 82 valence electrons. The Labute approximate surface area is 99.8 Å². The van der Waals surface area contributed by atoms with Gasteiger partial charge in [-0.1, -0.05) is 15.9 Å². The van der Waals surface area contributed by atoms with Crippen LogP contribution in [0.1, 0.15) is 16.1 Å². The van der Waals surface area contributed by atoms with Gasteiger partial charge in [0.1, 0.15) is 4.88 Å². The molecule has 0 radical (unpaired) electrons. The maximum Gasteiger partial charge on any atom is 0.350 e. The first-order chi connectivity index (χ1) is 7.19. The van der Waals surface area contributed by atoms with E-state index < -0.39 is 5.97 Å². The standard InChI is InChI=1S/C9H10BrNO3S/c1-14-9(13)8-6(3-5-15-8)11-7(12)2-4-10/h3,5H,2,4H2,1H3,(H,11,12). The Hall–Kier alpha value is -0.880. The van der Waals surface area contributed by atoms with Gasteiger partial charge in [-0.2, -0.15) is 0 Å². The number of thiophene rings is 1. The summed E-state index contributed by atoms with van der Waals surface area (Å²) in [4.78, 5) is 23.0. The van der Waals surface area contributed by atoms with E-state index in [0.29, 0.717) is 22.3 Å². The Morgan fingerprint density at radius 3 is 2.93 bits per heavy atom. The van der Waals surface area contributed by atoms with Crippen LogP contribution in [0.2, 0.25) is 0 Å². The van der Waals surface area contributed by atoms with Gasteiger partial charge in [0.05, 0.1) is 12.8 Å². The molecule has 0 fully saturated rings. The second-order valence-corrected chi connectivity index (χ2v) is 4.35. The van der Waals surface area contributed by atoms with Crippen LogP contribution in [0.25, 0.3) is 0 Å². The molecule has 1 N–H and O–H groups in total. The number of nitrogens with one attached hydrogen (secondary N) is 1. The molecule has 1 aromatic heterocycles. The van der Waals surface area contributed by atoms with Gasteiger partial charge in [-0.05, 0) is 11.4 Å². The summed E-state index contributed by atoms with van der Waals surface area (Å²) in [5.41, 5.74) is 0.512. The van der Waals surface area contributed by atoms with Crippen molar-refractivity contribution >= 4 is 44.8 Å². The fourth-order valence-corrected chi connectivity index (χ4v) is 2.08. The van der Waals surface area contributed by atoms with Gasteiger partial charge in [-0.25, -0.2) is 4.79 Å². The van der Waals surface area contributed by atoms with Gasteiger partial charge in [-0.15, -0.1) is 11.3 Å². The molecule has 0 spiro atoms. The number of hydrogen-bond acceptors (Lipinski definition) is 4. The third kappa shape index (κ3) is 3.32. The average Bonchev–Trinajstić information content (AvgIpc) is 2.65. The molecule has 0 atom stereocenters. The molecule has 4 nitrogen and oxygen atoms in total. The summed E-state index contributed by atoms with van der Waals surface area (Å²) in [7, 11) is 1.31. The quantitative estimate of drug-likeness (QED) is 0.684. The highest BCUT2D eigenvalue weighted by Crippen LogP contribution is 2.23. The normalized spacial score (nSPS) is 9.73. The fourth-order valence-electron chi connectivity index (χ4n) is 0.957. The van der Waals surface area contributed by atoms with E-state index in [-0.39, 0.29) is 5.91 Å². The maximum atomic E-state index is 11.3. The highest BCUT2D eigenvalue weighted by molar-refractivity contribution is 9.09. The van der Waals surface area contributed by atoms with Crippen LogP contribution in [-0.4, -0.2) is 24.3 Å². The van der Waals surface area contributed by atoms with E-state index in [1.165, 1.54) is 18.4 Å². The summed E-state index contributed by atoms with van der Waals surface area (Å²) in [6.07, 6.45) is 0.371. The van der Waals surface area contributed by atoms with Gasteiger partial charge in [-0.3, -0.25) is 4.79 Å². The maximum absolute atomic E-state index is 11.3. The number of carbonyl (C=O) groups excluding carboxylic acids is 2. The number of hydrogen-bond donors (Lipinski definition) is 1. The zero-order valence-corrected chi connectivity index (χ0v) is 10.5. The van der Waals surface area contributed by atoms with Gasteiger partial charge < -0.3 is 10.1 Å². The molecule has 0 aliphatic heterocycles. The molecule has 0 aromatic carbocycles. The summed E-state index contributed by atoms with van der Waals surface area (Å²) in [6, 6.07) is 1.68. The molecule has 1 aromatic rings. The summed E-state index contributed by atoms with van der Waals surface area (Å²) in [5.74, 6) is -0.561. The van der Waals surface area contributed by atoms with Crippen LogP contribution >= 0.6 is 27.3 Å². The lowest BCUT2D eigenvalue weighted by Gasteiger charge is -2.03. The number of amides is 1. The summed E-state index contributed by atoms with van der Waals surface area (Å²) >= 11 is 4.41. The van der Waals surface area contributed by atoms with Crippen LogP contribution in [-0.2, 0) is 9.53 Å². The highest BCUT2D eigenvalue weighted by atomic mass is 79.9. The second kappa shape index (κ2) is 5.87. The molecule has 0 unspecified atom stereocenters. The van der Waals surface area contributed by atoms with E-state index in [1.54, 1.807) is 11.4 Å². The predicted octanol–water partition coefficient (Wildman–Crippen LogP) is 2.26. The molecule has 1 heterocycles. The minimum Gasteiger partial charge on any atom is -0.465 e. The van der Waals surface area contributed by atoms with Gasteiger partial charge in [0.2, 0.25) is 5.91 Å². The SMILES string of the molecule is COC(=O)c1sccc1NC(=O)CCBr. The average molecular weight is 292 g/mol. The molecule has 0 bridgehead atoms. The van der Waals surface area contributed by atoms with Crippen molar-refractivity contribution in [1.82, 2.24) is 0 Å². The molecular formula is C9H10BrNO3S. The van der Waals surface area contributed by atoms with Crippen molar-refractivity contribution in [2.75, 3.05) is 17.8 Å². The lowest BCUT2D eigenvalue weighted by molar-refractivity contribution is -0.115. The van der Waals surface area contributed by atoms with Crippen LogP contribution in [0.5, 0.6) is 0 Å². The molecule has 1 rings (SSSR count). The number of rotatable bonds is 4. The Morgan fingerprint density at radius 2 is 2.33 bits per heavy atom. The van der Waals surface area contributed by atoms with Crippen LogP contribution < -0.4 is 5.32 Å². The minimum absolute atomic E-state index is 0.129. The minimum atomic E-state index is -0.431. The van der Waals surface area contributed by atoms with Crippen molar-refractivity contribution in [3.63, 3.8) is 0 Å². The lowest BCUT2D eigenvalue weighted by atomic mass is 10.3. The Balaban J connectivity index is 2.73. The molecule has 0 aliphatic rings. The number of alkyl halides is 1. The first-order valence-corrected chi connectivity index (χ1v) is 6.20. The number of methoxy groups -OCH3 is 1. The number of esters is 1. The van der Waals surface area contributed by atoms with Crippen LogP contribution in [0.3, 0.4) is 0 Å². The van der Waals surface area contributed by atoms with Gasteiger partial charge in [0.15, 0.2) is 0 Å². The first kappa shape index (κ1) is 12.2. The van der Waals surface area contributed by atoms with E-state index in [1.807, 2.05) is 0 Å². The van der Waals surface area contributed by atoms with Crippen LogP contribution in [0, 0.1) is 0 Å². The molecule has 0 saturated carbocycles. The Morgan fingerprint density at radius 1 is 1.60 bits per heavy atom. The molecule has 1 amide bonds. The summed E-state index contributed by atoms with van der Waals surface area (Å²) < 4.78 is 4.59. The molecular weight excluding hydrogens is 282 g/mol. The topological polar surface area (TPSA) is 55.4 Å². The fraction of sp³-hybridized carbons (Fsp3) is 0.333. The Kier molecular flexibility index (Phi) is 4.77. The zero-order valence-electron chi connectivity index (χ0n) is 8.08. The van der Waals surface area contributed by atoms with Crippen LogP contribution in [0.15, 0.2) is 11.4 Å². The van der Waals surface area contributed by atoms with Crippen molar-refractivity contribution in [3.8, 4) is 0 Å². The van der Waals surface area contributed by atoms with Gasteiger partial charge >= 0.3 is 5.97 Å². The number of halogens is 1. The predicted molar refractivity (Wildman–Crippen MR) is 62.7 cm³/mol. The van der Waals surface area contributed by atoms with E-state index >= 15 is 0 Å². The van der Waals surface area contributed by atoms with E-state index in [4.69, 9.17) is 0 Å². The third-order valence-corrected chi connectivity index (χ3v) is 2.92. The molecule has 0 aliphatic carbocycles. The largest absolute Gasteiger partial charge is 0.465 e. The van der Waals surface area contributed by atoms with Gasteiger partial charge in [0, 0.05) is 11.8 Å². The van der Waals surface area contributed by atoms with Gasteiger partial charge in [0.25, 0.3) is 0 Å². The zero-order chi connectivity index (χ0) is 11.3. The molecule has 0 saturated heterocycles. The lowest BCUT2D eigenvalue weighted by Crippen LogP contribution is -2.13. The summed E-state index contributed by atoms with van der Waals surface area (Å²) in [5, 5.41) is 4.97. The van der Waals surface area contributed by atoms with E-state index in [0.717, 1.165) is 0 Å². The Bertz CT molecular complexity index is 364. The van der Waals surface area contributed by atoms with Crippen molar-refractivity contribution in [2.24, 2.45) is 0 Å². The smallest absolute Gasteiger partial charge is 0.350 e. The second-order valence-electron chi connectivity index (χ2n) is 2.64. The van der Waals surface area contributed by atoms with Crippen molar-refractivity contribution in [3.05, 3.63) is 16.3 Å². The monoisotopic (exact) mass is 291 g/mol. The number of ether oxygens (including phenoxy) is 1. The summed E-state index contributed by atoms with van der Waals surface area (Å²) in [6.45, 7) is 0. The van der Waals surface area contributed by atoms with E-state index in [2.05, 4.69) is 26.0 Å². The first-order valence-electron chi connectivity index (χ1n) is 4.20. The molecule has 6 heteroatoms. The van der Waals surface area contributed by atoms with E-state index in [9.17, 15) is 9.59 Å². The molecule has 15 heavy (non-hydrogen) atoms. The third-order valence-electron chi connectivity index (χ3n) is 1.63. The van der Waals surface area contributed by atoms with Crippen molar-refractivity contribution < 1.29 is 14.3 Å².